The van der Waals surface area contributed by atoms with Gasteiger partial charge in [0, 0.05) is 17.8 Å². The van der Waals surface area contributed by atoms with Crippen molar-refractivity contribution in [2.24, 2.45) is 0 Å². The number of nitrogen functional groups attached to an aromatic ring is 1. The maximum Gasteiger partial charge on any atom is 0.335 e. The number of carboxylic acid groups (broad SMARTS) is 1. The highest BCUT2D eigenvalue weighted by atomic mass is 16.4. The van der Waals surface area contributed by atoms with Crippen LogP contribution in [0.3, 0.4) is 0 Å². The van der Waals surface area contributed by atoms with E-state index in [4.69, 9.17) is 15.8 Å². The zero-order chi connectivity index (χ0) is 18.1. The summed E-state index contributed by atoms with van der Waals surface area (Å²) in [5, 5.41) is 9.06. The lowest BCUT2D eigenvalue weighted by Gasteiger charge is -2.10. The number of para-hydroxylation sites is 2. The van der Waals surface area contributed by atoms with Crippen molar-refractivity contribution in [3.63, 3.8) is 0 Å². The summed E-state index contributed by atoms with van der Waals surface area (Å²) in [7, 11) is 0. The van der Waals surface area contributed by atoms with Crippen molar-refractivity contribution in [2.45, 2.75) is 6.54 Å². The summed E-state index contributed by atoms with van der Waals surface area (Å²) in [5.74, 6) is -0.0688. The van der Waals surface area contributed by atoms with Crippen LogP contribution in [-0.2, 0) is 6.54 Å². The zero-order valence-electron chi connectivity index (χ0n) is 14.0. The molecule has 0 saturated heterocycles. The molecule has 3 aromatic carbocycles. The minimum absolute atomic E-state index is 0.281. The van der Waals surface area contributed by atoms with Gasteiger partial charge in [-0.05, 0) is 54.1 Å². The number of aromatic nitrogens is 2. The first kappa shape index (κ1) is 15.9. The smallest absolute Gasteiger partial charge is 0.335 e. The number of anilines is 1. The van der Waals surface area contributed by atoms with Gasteiger partial charge >= 0.3 is 5.97 Å². The molecule has 0 spiro atoms. The largest absolute Gasteiger partial charge is 0.478 e. The predicted octanol–water partition coefficient (Wildman–Crippen LogP) is 4.03. The van der Waals surface area contributed by atoms with Gasteiger partial charge in [0.05, 0.1) is 16.6 Å². The highest BCUT2D eigenvalue weighted by Crippen LogP contribution is 2.26. The molecule has 0 unspecified atom stereocenters. The van der Waals surface area contributed by atoms with E-state index in [2.05, 4.69) is 4.57 Å². The Labute approximate surface area is 150 Å². The summed E-state index contributed by atoms with van der Waals surface area (Å²) < 4.78 is 2.14. The molecule has 4 rings (SSSR count). The molecule has 1 aromatic heterocycles. The van der Waals surface area contributed by atoms with Crippen LogP contribution in [0.15, 0.2) is 72.8 Å². The number of rotatable bonds is 4. The van der Waals surface area contributed by atoms with Crippen molar-refractivity contribution >= 4 is 22.7 Å². The summed E-state index contributed by atoms with van der Waals surface area (Å²) in [5.41, 5.74) is 10.7. The van der Waals surface area contributed by atoms with Crippen molar-refractivity contribution in [3.05, 3.63) is 83.9 Å². The number of nitrogens with two attached hydrogens (primary N) is 1. The fraction of sp³-hybridized carbons (Fsp3) is 0.0476. The first-order valence-electron chi connectivity index (χ1n) is 8.25. The fourth-order valence-electron chi connectivity index (χ4n) is 3.02. The third kappa shape index (κ3) is 2.91. The second kappa shape index (κ2) is 6.37. The van der Waals surface area contributed by atoms with E-state index in [9.17, 15) is 4.79 Å². The van der Waals surface area contributed by atoms with Gasteiger partial charge in [0.25, 0.3) is 0 Å². The van der Waals surface area contributed by atoms with E-state index in [1.165, 1.54) is 0 Å². The van der Waals surface area contributed by atoms with Crippen molar-refractivity contribution < 1.29 is 9.90 Å². The molecule has 1 heterocycles. The Balaban J connectivity index is 1.81. The van der Waals surface area contributed by atoms with Crippen molar-refractivity contribution in [1.82, 2.24) is 9.55 Å². The van der Waals surface area contributed by atoms with Crippen molar-refractivity contribution in [3.8, 4) is 11.4 Å². The third-order valence-electron chi connectivity index (χ3n) is 4.37. The van der Waals surface area contributed by atoms with Crippen LogP contribution < -0.4 is 5.73 Å². The number of imidazole rings is 1. The molecule has 3 N–H and O–H groups in total. The van der Waals surface area contributed by atoms with E-state index in [1.807, 2.05) is 60.7 Å². The van der Waals surface area contributed by atoms with E-state index < -0.39 is 5.97 Å². The van der Waals surface area contributed by atoms with Gasteiger partial charge in [-0.25, -0.2) is 9.78 Å². The summed E-state index contributed by atoms with van der Waals surface area (Å²) in [4.78, 5) is 15.8. The molecule has 0 radical (unpaired) electrons. The Morgan fingerprint density at radius 3 is 2.35 bits per heavy atom. The van der Waals surface area contributed by atoms with Crippen LogP contribution in [0.1, 0.15) is 15.9 Å². The van der Waals surface area contributed by atoms with Crippen LogP contribution in [0.4, 0.5) is 5.69 Å². The first-order chi connectivity index (χ1) is 12.6. The lowest BCUT2D eigenvalue weighted by molar-refractivity contribution is 0.0697. The fourth-order valence-corrected chi connectivity index (χ4v) is 3.02. The molecule has 128 valence electrons. The van der Waals surface area contributed by atoms with Crippen LogP contribution in [0.25, 0.3) is 22.4 Å². The molecule has 0 saturated carbocycles. The SMILES string of the molecule is Nc1ccc(-c2nc3ccccc3n2Cc2ccc(C(=O)O)cc2)cc1. The molecule has 0 aliphatic heterocycles. The van der Waals surface area contributed by atoms with Crippen LogP contribution >= 0.6 is 0 Å². The Morgan fingerprint density at radius 2 is 1.65 bits per heavy atom. The molecule has 4 aromatic rings. The van der Waals surface area contributed by atoms with E-state index in [0.29, 0.717) is 12.2 Å². The molecule has 0 atom stereocenters. The molecule has 0 amide bonds. The van der Waals surface area contributed by atoms with E-state index in [0.717, 1.165) is 28.0 Å². The normalized spacial score (nSPS) is 10.9. The minimum Gasteiger partial charge on any atom is -0.478 e. The number of fused-ring (bicyclic) bond motifs is 1. The summed E-state index contributed by atoms with van der Waals surface area (Å²) >= 11 is 0. The van der Waals surface area contributed by atoms with Gasteiger partial charge in [-0.2, -0.15) is 0 Å². The van der Waals surface area contributed by atoms with Gasteiger partial charge in [-0.1, -0.05) is 24.3 Å². The maximum absolute atomic E-state index is 11.0. The topological polar surface area (TPSA) is 81.1 Å². The molecular weight excluding hydrogens is 326 g/mol. The Bertz CT molecular complexity index is 1080. The number of carboxylic acids is 1. The Kier molecular flexibility index (Phi) is 3.89. The maximum atomic E-state index is 11.0. The van der Waals surface area contributed by atoms with Gasteiger partial charge < -0.3 is 15.4 Å². The van der Waals surface area contributed by atoms with Crippen LogP contribution in [-0.4, -0.2) is 20.6 Å². The van der Waals surface area contributed by atoms with Gasteiger partial charge in [0.1, 0.15) is 5.82 Å². The summed E-state index contributed by atoms with van der Waals surface area (Å²) in [6.45, 7) is 0.597. The van der Waals surface area contributed by atoms with Crippen LogP contribution in [0.5, 0.6) is 0 Å². The lowest BCUT2D eigenvalue weighted by atomic mass is 10.1. The Morgan fingerprint density at radius 1 is 0.962 bits per heavy atom. The van der Waals surface area contributed by atoms with Gasteiger partial charge in [-0.15, -0.1) is 0 Å². The number of nitrogens with zero attached hydrogens (tertiary/aromatic N) is 2. The Hall–Kier alpha value is -3.60. The molecule has 0 bridgehead atoms. The average Bonchev–Trinajstić information content (AvgIpc) is 3.01. The third-order valence-corrected chi connectivity index (χ3v) is 4.37. The quantitative estimate of drug-likeness (QED) is 0.548. The van der Waals surface area contributed by atoms with Crippen LogP contribution in [0.2, 0.25) is 0 Å². The molecule has 0 aliphatic carbocycles. The van der Waals surface area contributed by atoms with E-state index in [-0.39, 0.29) is 5.56 Å². The zero-order valence-corrected chi connectivity index (χ0v) is 14.0. The summed E-state index contributed by atoms with van der Waals surface area (Å²) in [6, 6.07) is 22.5. The monoisotopic (exact) mass is 343 g/mol. The summed E-state index contributed by atoms with van der Waals surface area (Å²) in [6.07, 6.45) is 0. The predicted molar refractivity (Wildman–Crippen MR) is 102 cm³/mol. The van der Waals surface area contributed by atoms with Crippen molar-refractivity contribution in [1.29, 1.82) is 0 Å². The van der Waals surface area contributed by atoms with Gasteiger partial charge in [-0.3, -0.25) is 0 Å². The van der Waals surface area contributed by atoms with Gasteiger partial charge in [0.15, 0.2) is 0 Å². The number of aromatic carboxylic acids is 1. The first-order valence-corrected chi connectivity index (χ1v) is 8.25. The van der Waals surface area contributed by atoms with Gasteiger partial charge in [0.2, 0.25) is 0 Å². The van der Waals surface area contributed by atoms with E-state index >= 15 is 0 Å². The molecule has 26 heavy (non-hydrogen) atoms. The molecule has 5 nitrogen and oxygen atoms in total. The number of hydrogen-bond donors (Lipinski definition) is 2. The second-order valence-corrected chi connectivity index (χ2v) is 6.13. The second-order valence-electron chi connectivity index (χ2n) is 6.13. The number of carbonyl (C=O) groups is 1. The van der Waals surface area contributed by atoms with Crippen LogP contribution in [0, 0.1) is 0 Å². The van der Waals surface area contributed by atoms with Crippen molar-refractivity contribution in [2.75, 3.05) is 5.73 Å². The minimum atomic E-state index is -0.924. The standard InChI is InChI=1S/C21H17N3O2/c22-17-11-9-15(10-12-17)20-23-18-3-1-2-4-19(18)24(20)13-14-5-7-16(8-6-14)21(25)26/h1-12H,13,22H2,(H,25,26). The van der Waals surface area contributed by atoms with E-state index in [1.54, 1.807) is 12.1 Å². The molecule has 5 heteroatoms. The molecule has 0 aliphatic rings. The lowest BCUT2D eigenvalue weighted by Crippen LogP contribution is -2.03. The highest BCUT2D eigenvalue weighted by molar-refractivity contribution is 5.87. The highest BCUT2D eigenvalue weighted by Gasteiger charge is 2.13. The number of benzene rings is 3. The average molecular weight is 343 g/mol. The number of hydrogen-bond acceptors (Lipinski definition) is 3. The molecular formula is C21H17N3O2. The molecule has 0 fully saturated rings.